The van der Waals surface area contributed by atoms with E-state index in [1.165, 1.54) is 11.3 Å². The van der Waals surface area contributed by atoms with Crippen LogP contribution in [0.4, 0.5) is 5.00 Å². The molecule has 0 unspecified atom stereocenters. The third-order valence-electron chi connectivity index (χ3n) is 4.58. The molecule has 7 nitrogen and oxygen atoms in total. The third kappa shape index (κ3) is 4.22. The van der Waals surface area contributed by atoms with E-state index < -0.39 is 0 Å². The van der Waals surface area contributed by atoms with Gasteiger partial charge in [0.15, 0.2) is 5.69 Å². The largest absolute Gasteiger partial charge is 0.462 e. The molecule has 0 fully saturated rings. The van der Waals surface area contributed by atoms with Crippen LogP contribution in [0.25, 0.3) is 0 Å². The van der Waals surface area contributed by atoms with Gasteiger partial charge in [0.05, 0.1) is 12.2 Å². The van der Waals surface area contributed by atoms with Gasteiger partial charge in [0, 0.05) is 30.7 Å². The number of aromatic nitrogens is 2. The molecule has 1 aliphatic heterocycles. The van der Waals surface area contributed by atoms with Gasteiger partial charge in [-0.25, -0.2) is 4.79 Å². The van der Waals surface area contributed by atoms with Crippen LogP contribution in [0.2, 0.25) is 0 Å². The summed E-state index contributed by atoms with van der Waals surface area (Å²) in [5.74, 6) is -0.676. The number of rotatable bonds is 7. The fourth-order valence-electron chi connectivity index (χ4n) is 3.30. The van der Waals surface area contributed by atoms with Crippen molar-refractivity contribution in [1.82, 2.24) is 14.7 Å². The molecule has 0 aliphatic carbocycles. The maximum atomic E-state index is 12.6. The summed E-state index contributed by atoms with van der Waals surface area (Å²) in [6.45, 7) is 9.66. The first-order chi connectivity index (χ1) is 13.1. The smallest absolute Gasteiger partial charge is 0.341 e. The number of amides is 1. The number of ether oxygens (including phenoxy) is 1. The summed E-state index contributed by atoms with van der Waals surface area (Å²) in [6.07, 6.45) is 3.65. The van der Waals surface area contributed by atoms with Gasteiger partial charge in [-0.2, -0.15) is 5.10 Å². The molecule has 3 rings (SSSR count). The van der Waals surface area contributed by atoms with Crippen molar-refractivity contribution >= 4 is 28.2 Å². The first kappa shape index (κ1) is 19.6. The molecule has 8 heteroatoms. The van der Waals surface area contributed by atoms with Gasteiger partial charge in [-0.1, -0.05) is 6.92 Å². The van der Waals surface area contributed by atoms with E-state index in [2.05, 4.69) is 22.2 Å². The average molecular weight is 391 g/mol. The molecular formula is C19H26N4O3S. The Kier molecular flexibility index (Phi) is 6.28. The van der Waals surface area contributed by atoms with E-state index in [9.17, 15) is 9.59 Å². The lowest BCUT2D eigenvalue weighted by Gasteiger charge is -2.26. The number of esters is 1. The standard InChI is InChI=1S/C19H26N4O3S/c1-4-9-22-10-7-13-15(12-22)27-18(16(13)19(25)26-6-3)20-17(24)14-8-11-23(5-2)21-14/h8,11H,4-7,9-10,12H2,1-3H3,(H,20,24). The molecule has 1 amide bonds. The Morgan fingerprint density at radius 3 is 2.81 bits per heavy atom. The van der Waals surface area contributed by atoms with Crippen molar-refractivity contribution in [3.05, 3.63) is 34.0 Å². The molecule has 146 valence electrons. The molecule has 1 N–H and O–H groups in total. The molecule has 2 aromatic rings. The Labute approximate surface area is 163 Å². The number of nitrogens with zero attached hydrogens (tertiary/aromatic N) is 3. The second-order valence-corrected chi connectivity index (χ2v) is 7.57. The molecule has 0 saturated carbocycles. The highest BCUT2D eigenvalue weighted by Crippen LogP contribution is 2.37. The lowest BCUT2D eigenvalue weighted by atomic mass is 10.0. The number of anilines is 1. The van der Waals surface area contributed by atoms with Crippen LogP contribution in [0.5, 0.6) is 0 Å². The fourth-order valence-corrected chi connectivity index (χ4v) is 4.57. The average Bonchev–Trinajstić information content (AvgIpc) is 3.26. The number of carbonyl (C=O) groups is 2. The predicted octanol–water partition coefficient (Wildman–Crippen LogP) is 3.16. The normalized spacial score (nSPS) is 14.0. The zero-order chi connectivity index (χ0) is 19.4. The van der Waals surface area contributed by atoms with Crippen LogP contribution < -0.4 is 5.32 Å². The van der Waals surface area contributed by atoms with E-state index in [4.69, 9.17) is 4.74 Å². The molecule has 1 aliphatic rings. The first-order valence-corrected chi connectivity index (χ1v) is 10.3. The number of hydrogen-bond donors (Lipinski definition) is 1. The van der Waals surface area contributed by atoms with E-state index >= 15 is 0 Å². The summed E-state index contributed by atoms with van der Waals surface area (Å²) < 4.78 is 6.96. The Hall–Kier alpha value is -2.19. The van der Waals surface area contributed by atoms with Crippen LogP contribution in [0.3, 0.4) is 0 Å². The molecule has 0 saturated heterocycles. The maximum absolute atomic E-state index is 12.6. The van der Waals surface area contributed by atoms with Crippen molar-refractivity contribution in [2.24, 2.45) is 0 Å². The molecule has 0 spiro atoms. The van der Waals surface area contributed by atoms with Gasteiger partial charge in [0.1, 0.15) is 5.00 Å². The number of aryl methyl sites for hydroxylation is 1. The fraction of sp³-hybridized carbons (Fsp3) is 0.526. The van der Waals surface area contributed by atoms with E-state index in [1.807, 2.05) is 6.92 Å². The lowest BCUT2D eigenvalue weighted by molar-refractivity contribution is 0.0526. The number of nitrogens with one attached hydrogen (secondary N) is 1. The number of fused-ring (bicyclic) bond motifs is 1. The molecular weight excluding hydrogens is 364 g/mol. The van der Waals surface area contributed by atoms with E-state index in [0.29, 0.717) is 29.4 Å². The monoisotopic (exact) mass is 390 g/mol. The van der Waals surface area contributed by atoms with Crippen LogP contribution >= 0.6 is 11.3 Å². The Morgan fingerprint density at radius 1 is 1.33 bits per heavy atom. The summed E-state index contributed by atoms with van der Waals surface area (Å²) in [5.41, 5.74) is 1.86. The van der Waals surface area contributed by atoms with Crippen molar-refractivity contribution in [1.29, 1.82) is 0 Å². The van der Waals surface area contributed by atoms with E-state index in [-0.39, 0.29) is 11.9 Å². The highest BCUT2D eigenvalue weighted by Gasteiger charge is 2.29. The third-order valence-corrected chi connectivity index (χ3v) is 5.71. The summed E-state index contributed by atoms with van der Waals surface area (Å²) in [7, 11) is 0. The first-order valence-electron chi connectivity index (χ1n) is 9.46. The molecule has 27 heavy (non-hydrogen) atoms. The van der Waals surface area contributed by atoms with Crippen LogP contribution in [0.15, 0.2) is 12.3 Å². The van der Waals surface area contributed by atoms with Gasteiger partial charge in [-0.3, -0.25) is 14.4 Å². The SMILES string of the molecule is CCCN1CCc2c(sc(NC(=O)c3ccn(CC)n3)c2C(=O)OCC)C1. The zero-order valence-electron chi connectivity index (χ0n) is 16.1. The second kappa shape index (κ2) is 8.67. The topological polar surface area (TPSA) is 76.5 Å². The summed E-state index contributed by atoms with van der Waals surface area (Å²) >= 11 is 1.47. The Bertz CT molecular complexity index is 827. The number of carbonyl (C=O) groups excluding carboxylic acids is 2. The van der Waals surface area contributed by atoms with E-state index in [0.717, 1.165) is 42.9 Å². The van der Waals surface area contributed by atoms with E-state index in [1.54, 1.807) is 23.9 Å². The van der Waals surface area contributed by atoms with Crippen molar-refractivity contribution < 1.29 is 14.3 Å². The van der Waals surface area contributed by atoms with Gasteiger partial charge < -0.3 is 10.1 Å². The van der Waals surface area contributed by atoms with Crippen LogP contribution in [-0.4, -0.2) is 46.3 Å². The van der Waals surface area contributed by atoms with Crippen molar-refractivity contribution in [2.75, 3.05) is 25.0 Å². The van der Waals surface area contributed by atoms with Crippen molar-refractivity contribution in [3.8, 4) is 0 Å². The molecule has 2 aromatic heterocycles. The molecule has 0 aromatic carbocycles. The number of hydrogen-bond acceptors (Lipinski definition) is 6. The Balaban J connectivity index is 1.89. The molecule has 0 radical (unpaired) electrons. The second-order valence-electron chi connectivity index (χ2n) is 6.47. The highest BCUT2D eigenvalue weighted by molar-refractivity contribution is 7.17. The van der Waals surface area contributed by atoms with Gasteiger partial charge in [0.25, 0.3) is 5.91 Å². The summed E-state index contributed by atoms with van der Waals surface area (Å²) in [5, 5.41) is 7.69. The zero-order valence-corrected chi connectivity index (χ0v) is 16.9. The van der Waals surface area contributed by atoms with Crippen LogP contribution in [0.1, 0.15) is 58.5 Å². The minimum atomic E-state index is -0.367. The molecule has 0 atom stereocenters. The van der Waals surface area contributed by atoms with Crippen molar-refractivity contribution in [2.45, 2.75) is 46.7 Å². The lowest BCUT2D eigenvalue weighted by Crippen LogP contribution is -2.30. The van der Waals surface area contributed by atoms with Crippen LogP contribution in [0, 0.1) is 0 Å². The van der Waals surface area contributed by atoms with Gasteiger partial charge in [-0.15, -0.1) is 11.3 Å². The van der Waals surface area contributed by atoms with Crippen molar-refractivity contribution in [3.63, 3.8) is 0 Å². The predicted molar refractivity (Wildman–Crippen MR) is 105 cm³/mol. The minimum absolute atomic E-state index is 0.305. The van der Waals surface area contributed by atoms with Gasteiger partial charge in [0.2, 0.25) is 0 Å². The quantitative estimate of drug-likeness (QED) is 0.735. The molecule has 0 bridgehead atoms. The maximum Gasteiger partial charge on any atom is 0.341 e. The molecule has 3 heterocycles. The highest BCUT2D eigenvalue weighted by atomic mass is 32.1. The minimum Gasteiger partial charge on any atom is -0.462 e. The van der Waals surface area contributed by atoms with Crippen LogP contribution in [-0.2, 0) is 24.2 Å². The Morgan fingerprint density at radius 2 is 2.15 bits per heavy atom. The summed E-state index contributed by atoms with van der Waals surface area (Å²) in [4.78, 5) is 28.7. The van der Waals surface area contributed by atoms with Gasteiger partial charge in [-0.05, 0) is 44.9 Å². The summed E-state index contributed by atoms with van der Waals surface area (Å²) in [6, 6.07) is 1.68. The number of thiophene rings is 1. The van der Waals surface area contributed by atoms with Gasteiger partial charge >= 0.3 is 5.97 Å².